The number of aliphatic hydroxyl groups is 1. The highest BCUT2D eigenvalue weighted by Gasteiger charge is 2.30. The van der Waals surface area contributed by atoms with Gasteiger partial charge in [-0.15, -0.1) is 0 Å². The Hall–Kier alpha value is -3.26. The van der Waals surface area contributed by atoms with Crippen LogP contribution in [0.15, 0.2) is 42.6 Å². The number of aliphatic hydroxyl groups excluding tert-OH is 1. The van der Waals surface area contributed by atoms with Crippen LogP contribution in [-0.2, 0) is 0 Å². The number of hydrogen-bond donors (Lipinski definition) is 4. The third kappa shape index (κ3) is 4.49. The second-order valence-corrected chi connectivity index (χ2v) is 7.79. The highest BCUT2D eigenvalue weighted by atomic mass is 16.3. The van der Waals surface area contributed by atoms with E-state index in [0.29, 0.717) is 23.5 Å². The van der Waals surface area contributed by atoms with Crippen molar-refractivity contribution in [2.24, 2.45) is 0 Å². The number of benzene rings is 1. The molecular weight excluding hydrogens is 380 g/mol. The van der Waals surface area contributed by atoms with Crippen molar-refractivity contribution in [2.75, 3.05) is 23.3 Å². The fraction of sp³-hybridized carbons (Fsp3) is 0.364. The number of rotatable bonds is 6. The van der Waals surface area contributed by atoms with Gasteiger partial charge in [-0.25, -0.2) is 0 Å². The van der Waals surface area contributed by atoms with E-state index in [9.17, 15) is 9.90 Å². The van der Waals surface area contributed by atoms with Crippen LogP contribution in [0.4, 0.5) is 11.4 Å². The molecule has 0 radical (unpaired) electrons. The van der Waals surface area contributed by atoms with Crippen LogP contribution in [0.25, 0.3) is 0 Å². The molecule has 1 aliphatic heterocycles. The molecule has 1 atom stereocenters. The lowest BCUT2D eigenvalue weighted by atomic mass is 10.1. The molecule has 0 bridgehead atoms. The summed E-state index contributed by atoms with van der Waals surface area (Å²) in [5.74, 6) is -0.0726. The molecule has 2 aliphatic rings. The Morgan fingerprint density at radius 3 is 2.83 bits per heavy atom. The first-order valence-electron chi connectivity index (χ1n) is 10.2. The van der Waals surface area contributed by atoms with Crippen LogP contribution in [0.2, 0.25) is 0 Å². The third-order valence-corrected chi connectivity index (χ3v) is 5.47. The van der Waals surface area contributed by atoms with E-state index in [-0.39, 0.29) is 23.9 Å². The summed E-state index contributed by atoms with van der Waals surface area (Å²) in [6.07, 6.45) is 6.15. The smallest absolute Gasteiger partial charge is 0.274 e. The lowest BCUT2D eigenvalue weighted by Crippen LogP contribution is -2.38. The Kier molecular flexibility index (Phi) is 5.76. The standard InChI is InChI=1S/C22H26N6O2/c23-14-28(17-6-7-17)21(24)15-3-1-4-16(11-15)26-22(30)20-12-18(8-9-25-20)27-10-2-5-19(29)13-27/h1,3-4,8-9,11-12,14,17,19,23-24,29H,2,5-7,10,13H2,(H,26,30). The molecule has 8 nitrogen and oxygen atoms in total. The SMILES string of the molecule is N=CN(C(=N)c1cccc(NC(=O)c2cc(N3CCCC(O)C3)ccn2)c1)C1CC1. The molecule has 1 aromatic carbocycles. The molecule has 1 amide bonds. The van der Waals surface area contributed by atoms with Crippen molar-refractivity contribution in [2.45, 2.75) is 37.8 Å². The van der Waals surface area contributed by atoms with E-state index < -0.39 is 0 Å². The molecule has 30 heavy (non-hydrogen) atoms. The molecule has 0 spiro atoms. The minimum atomic E-state index is -0.349. The predicted molar refractivity (Wildman–Crippen MR) is 117 cm³/mol. The molecule has 2 heterocycles. The molecule has 8 heteroatoms. The summed E-state index contributed by atoms with van der Waals surface area (Å²) in [5.41, 5.74) is 2.39. The lowest BCUT2D eigenvalue weighted by Gasteiger charge is -2.32. The van der Waals surface area contributed by atoms with Crippen LogP contribution in [-0.4, -0.2) is 58.3 Å². The van der Waals surface area contributed by atoms with E-state index in [1.807, 2.05) is 6.07 Å². The second kappa shape index (κ2) is 8.62. The zero-order valence-corrected chi connectivity index (χ0v) is 16.7. The lowest BCUT2D eigenvalue weighted by molar-refractivity contribution is 0.102. The zero-order chi connectivity index (χ0) is 21.1. The number of carbonyl (C=O) groups excluding carboxylic acids is 1. The largest absolute Gasteiger partial charge is 0.391 e. The average molecular weight is 406 g/mol. The van der Waals surface area contributed by atoms with Gasteiger partial charge in [0, 0.05) is 42.3 Å². The number of anilines is 2. The number of amidine groups is 1. The molecule has 4 N–H and O–H groups in total. The first kappa shape index (κ1) is 20.0. The minimum Gasteiger partial charge on any atom is -0.391 e. The highest BCUT2D eigenvalue weighted by molar-refractivity contribution is 6.06. The summed E-state index contributed by atoms with van der Waals surface area (Å²) in [5, 5.41) is 28.7. The van der Waals surface area contributed by atoms with Gasteiger partial charge < -0.3 is 20.2 Å². The molecule has 1 unspecified atom stereocenters. The van der Waals surface area contributed by atoms with Crippen LogP contribution in [0.5, 0.6) is 0 Å². The molecule has 4 rings (SSSR count). The van der Waals surface area contributed by atoms with Gasteiger partial charge in [-0.2, -0.15) is 0 Å². The van der Waals surface area contributed by atoms with E-state index in [4.69, 9.17) is 10.8 Å². The van der Waals surface area contributed by atoms with E-state index in [1.165, 1.54) is 6.34 Å². The Morgan fingerprint density at radius 2 is 2.10 bits per heavy atom. The predicted octanol–water partition coefficient (Wildman–Crippen LogP) is 2.69. The number of pyridine rings is 1. The van der Waals surface area contributed by atoms with Gasteiger partial charge in [0.1, 0.15) is 11.5 Å². The summed E-state index contributed by atoms with van der Waals surface area (Å²) in [6.45, 7) is 1.40. The van der Waals surface area contributed by atoms with Crippen molar-refractivity contribution in [3.8, 4) is 0 Å². The van der Waals surface area contributed by atoms with Crippen molar-refractivity contribution < 1.29 is 9.90 Å². The molecule has 1 saturated carbocycles. The Bertz CT molecular complexity index is 958. The molecule has 1 aliphatic carbocycles. The highest BCUT2D eigenvalue weighted by Crippen LogP contribution is 2.27. The number of aromatic nitrogens is 1. The number of nitrogens with one attached hydrogen (secondary N) is 3. The van der Waals surface area contributed by atoms with Crippen LogP contribution < -0.4 is 10.2 Å². The fourth-order valence-electron chi connectivity index (χ4n) is 3.72. The van der Waals surface area contributed by atoms with E-state index in [1.54, 1.807) is 41.4 Å². The fourth-order valence-corrected chi connectivity index (χ4v) is 3.72. The molecular formula is C22H26N6O2. The average Bonchev–Trinajstić information content (AvgIpc) is 3.60. The van der Waals surface area contributed by atoms with Gasteiger partial charge in [-0.1, -0.05) is 12.1 Å². The monoisotopic (exact) mass is 406 g/mol. The van der Waals surface area contributed by atoms with Crippen molar-refractivity contribution in [1.29, 1.82) is 10.8 Å². The van der Waals surface area contributed by atoms with Gasteiger partial charge in [0.05, 0.1) is 12.4 Å². The molecule has 1 aromatic heterocycles. The number of carbonyl (C=O) groups is 1. The number of amides is 1. The Morgan fingerprint density at radius 1 is 1.27 bits per heavy atom. The van der Waals surface area contributed by atoms with Crippen LogP contribution >= 0.6 is 0 Å². The molecule has 2 fully saturated rings. The maximum Gasteiger partial charge on any atom is 0.274 e. The van der Waals surface area contributed by atoms with Crippen molar-refractivity contribution in [1.82, 2.24) is 9.88 Å². The van der Waals surface area contributed by atoms with E-state index in [0.717, 1.165) is 37.9 Å². The van der Waals surface area contributed by atoms with Crippen molar-refractivity contribution in [3.05, 3.63) is 53.9 Å². The van der Waals surface area contributed by atoms with Gasteiger partial charge in [0.15, 0.2) is 0 Å². The number of nitrogens with zero attached hydrogens (tertiary/aromatic N) is 3. The van der Waals surface area contributed by atoms with Crippen molar-refractivity contribution >= 4 is 29.5 Å². The topological polar surface area (TPSA) is 116 Å². The van der Waals surface area contributed by atoms with Crippen LogP contribution in [0, 0.1) is 10.8 Å². The minimum absolute atomic E-state index is 0.230. The van der Waals surface area contributed by atoms with Gasteiger partial charge in [0.25, 0.3) is 5.91 Å². The van der Waals surface area contributed by atoms with Crippen LogP contribution in [0.3, 0.4) is 0 Å². The maximum absolute atomic E-state index is 12.8. The summed E-state index contributed by atoms with van der Waals surface area (Å²) in [6, 6.07) is 10.9. The zero-order valence-electron chi connectivity index (χ0n) is 16.7. The van der Waals surface area contributed by atoms with Gasteiger partial charge in [0.2, 0.25) is 0 Å². The van der Waals surface area contributed by atoms with E-state index >= 15 is 0 Å². The number of β-amino-alcohol motifs (C(OH)–C–C–N with tert-alkyl or cyclic N) is 1. The molecule has 2 aromatic rings. The second-order valence-electron chi connectivity index (χ2n) is 7.79. The summed E-state index contributed by atoms with van der Waals surface area (Å²) < 4.78 is 0. The summed E-state index contributed by atoms with van der Waals surface area (Å²) in [4.78, 5) is 20.7. The van der Waals surface area contributed by atoms with Crippen LogP contribution in [0.1, 0.15) is 41.7 Å². The Balaban J connectivity index is 1.47. The van der Waals surface area contributed by atoms with Gasteiger partial charge in [-0.05, 0) is 49.9 Å². The normalized spacial score (nSPS) is 18.6. The molecule has 1 saturated heterocycles. The number of hydrogen-bond acceptors (Lipinski definition) is 6. The summed E-state index contributed by atoms with van der Waals surface area (Å²) >= 11 is 0. The first-order valence-corrected chi connectivity index (χ1v) is 10.2. The van der Waals surface area contributed by atoms with E-state index in [2.05, 4.69) is 15.2 Å². The van der Waals surface area contributed by atoms with Gasteiger partial charge in [-0.3, -0.25) is 20.6 Å². The first-order chi connectivity index (χ1) is 14.5. The summed E-state index contributed by atoms with van der Waals surface area (Å²) in [7, 11) is 0. The Labute approximate surface area is 175 Å². The number of piperidine rings is 1. The molecule has 156 valence electrons. The van der Waals surface area contributed by atoms with Gasteiger partial charge >= 0.3 is 0 Å². The quantitative estimate of drug-likeness (QED) is 0.435. The van der Waals surface area contributed by atoms with Crippen molar-refractivity contribution in [3.63, 3.8) is 0 Å². The maximum atomic E-state index is 12.8. The third-order valence-electron chi connectivity index (χ3n) is 5.47.